The summed E-state index contributed by atoms with van der Waals surface area (Å²) in [6, 6.07) is 6.96. The Morgan fingerprint density at radius 2 is 1.85 bits per heavy atom. The van der Waals surface area contributed by atoms with Crippen LogP contribution in [0.2, 0.25) is 0 Å². The summed E-state index contributed by atoms with van der Waals surface area (Å²) in [7, 11) is -3.56. The van der Waals surface area contributed by atoms with Crippen molar-refractivity contribution in [2.24, 2.45) is 5.41 Å². The number of carboxylic acid groups (broad SMARTS) is 1. The van der Waals surface area contributed by atoms with Crippen molar-refractivity contribution in [3.05, 3.63) is 52.3 Å². The average Bonchev–Trinajstić information content (AvgIpc) is 2.99. The van der Waals surface area contributed by atoms with E-state index in [0.717, 1.165) is 11.3 Å². The highest BCUT2D eigenvalue weighted by Gasteiger charge is 2.38. The van der Waals surface area contributed by atoms with Gasteiger partial charge < -0.3 is 14.4 Å². The minimum absolute atomic E-state index is 0.00624. The van der Waals surface area contributed by atoms with E-state index in [2.05, 4.69) is 0 Å². The normalized spacial score (nSPS) is 18.8. The maximum Gasteiger partial charge on any atom is 0.323 e. The highest BCUT2D eigenvalue weighted by molar-refractivity contribution is 7.92. The van der Waals surface area contributed by atoms with Gasteiger partial charge in [0.15, 0.2) is 15.6 Å². The number of fused-ring (bicyclic) bond motifs is 1. The molecule has 0 atom stereocenters. The molecule has 1 aromatic carbocycles. The van der Waals surface area contributed by atoms with Crippen LogP contribution in [-0.2, 0) is 38.8 Å². The van der Waals surface area contributed by atoms with Gasteiger partial charge in [-0.25, -0.2) is 8.42 Å². The average molecular weight is 474 g/mol. The number of Topliss-reactive ketones (excluding diaryl/α,β-unsaturated/α-hetero) is 1. The first-order valence-corrected chi connectivity index (χ1v) is 12.9. The number of carboxylic acids is 1. The highest BCUT2D eigenvalue weighted by Crippen LogP contribution is 2.40. The first-order valence-electron chi connectivity index (χ1n) is 11.4. The number of carbonyl (C=O) groups is 2. The second kappa shape index (κ2) is 8.72. The van der Waals surface area contributed by atoms with Gasteiger partial charge in [-0.1, -0.05) is 32.0 Å². The minimum Gasteiger partial charge on any atom is -0.480 e. The fourth-order valence-electron chi connectivity index (χ4n) is 5.26. The molecule has 2 aromatic rings. The zero-order valence-electron chi connectivity index (χ0n) is 19.4. The number of carbonyl (C=O) groups excluding carboxylic acids is 1. The Bertz CT molecular complexity index is 1200. The van der Waals surface area contributed by atoms with E-state index in [1.807, 2.05) is 20.8 Å². The molecule has 0 spiro atoms. The number of benzene rings is 1. The molecule has 2 aliphatic rings. The molecule has 0 bridgehead atoms. The predicted octanol–water partition coefficient (Wildman–Crippen LogP) is 3.58. The molecule has 2 heterocycles. The van der Waals surface area contributed by atoms with E-state index in [1.54, 1.807) is 28.8 Å². The van der Waals surface area contributed by atoms with Crippen LogP contribution >= 0.6 is 0 Å². The Balaban J connectivity index is 1.81. The molecule has 7 nitrogen and oxygen atoms in total. The van der Waals surface area contributed by atoms with Crippen molar-refractivity contribution >= 4 is 21.6 Å². The van der Waals surface area contributed by atoms with Gasteiger partial charge in [-0.2, -0.15) is 0 Å². The Labute approximate surface area is 194 Å². The zero-order chi connectivity index (χ0) is 24.0. The summed E-state index contributed by atoms with van der Waals surface area (Å²) >= 11 is 0. The second-order valence-corrected chi connectivity index (χ2v) is 12.1. The topological polar surface area (TPSA) is 103 Å². The van der Waals surface area contributed by atoms with Gasteiger partial charge in [-0.15, -0.1) is 0 Å². The quantitative estimate of drug-likeness (QED) is 0.688. The van der Waals surface area contributed by atoms with Crippen molar-refractivity contribution in [3.8, 4) is 0 Å². The molecule has 1 fully saturated rings. The first-order chi connectivity index (χ1) is 15.5. The molecule has 0 unspecified atom stereocenters. The van der Waals surface area contributed by atoms with E-state index < -0.39 is 21.1 Å². The van der Waals surface area contributed by atoms with Crippen LogP contribution in [0.25, 0.3) is 0 Å². The van der Waals surface area contributed by atoms with Crippen LogP contribution in [-0.4, -0.2) is 48.3 Å². The lowest BCUT2D eigenvalue weighted by Crippen LogP contribution is -2.30. The molecule has 0 radical (unpaired) electrons. The second-order valence-electron chi connectivity index (χ2n) is 9.95. The third-order valence-corrected chi connectivity index (χ3v) is 9.23. The Kier molecular flexibility index (Phi) is 6.26. The number of sulfone groups is 1. The molecule has 0 saturated carbocycles. The van der Waals surface area contributed by atoms with Gasteiger partial charge in [-0.05, 0) is 48.8 Å². The Morgan fingerprint density at radius 3 is 2.52 bits per heavy atom. The van der Waals surface area contributed by atoms with E-state index >= 15 is 0 Å². The van der Waals surface area contributed by atoms with E-state index in [1.165, 1.54) is 0 Å². The third kappa shape index (κ3) is 4.51. The van der Waals surface area contributed by atoms with Crippen LogP contribution in [0, 0.1) is 12.3 Å². The maximum absolute atomic E-state index is 13.5. The van der Waals surface area contributed by atoms with Crippen molar-refractivity contribution in [3.63, 3.8) is 0 Å². The molecule has 178 valence electrons. The van der Waals surface area contributed by atoms with E-state index in [-0.39, 0.29) is 24.2 Å². The lowest BCUT2D eigenvalue weighted by molar-refractivity contribution is -0.137. The van der Waals surface area contributed by atoms with Crippen molar-refractivity contribution in [2.75, 3.05) is 13.2 Å². The molecule has 4 rings (SSSR count). The first kappa shape index (κ1) is 23.7. The van der Waals surface area contributed by atoms with Crippen LogP contribution in [0.15, 0.2) is 29.2 Å². The van der Waals surface area contributed by atoms with Gasteiger partial charge in [0.05, 0.1) is 10.1 Å². The van der Waals surface area contributed by atoms with Crippen molar-refractivity contribution in [2.45, 2.75) is 69.6 Å². The SMILES string of the molecule is Cc1c(Cc2ccccc2S(=O)(=O)C2CCOCC2)c2c(n1CC(=O)O)CC(C)(C)CC2=O. The van der Waals surface area contributed by atoms with Gasteiger partial charge in [0.2, 0.25) is 0 Å². The van der Waals surface area contributed by atoms with E-state index in [0.29, 0.717) is 60.6 Å². The molecule has 1 saturated heterocycles. The van der Waals surface area contributed by atoms with Crippen molar-refractivity contribution in [1.29, 1.82) is 0 Å². The number of hydrogen-bond acceptors (Lipinski definition) is 5. The molecular weight excluding hydrogens is 442 g/mol. The fraction of sp³-hybridized carbons (Fsp3) is 0.520. The van der Waals surface area contributed by atoms with Crippen LogP contribution < -0.4 is 0 Å². The van der Waals surface area contributed by atoms with Crippen molar-refractivity contribution < 1.29 is 27.9 Å². The highest BCUT2D eigenvalue weighted by atomic mass is 32.2. The lowest BCUT2D eigenvalue weighted by Gasteiger charge is -2.30. The molecule has 1 aliphatic heterocycles. The zero-order valence-corrected chi connectivity index (χ0v) is 20.2. The Hall–Kier alpha value is -2.45. The van der Waals surface area contributed by atoms with Crippen LogP contribution in [0.5, 0.6) is 0 Å². The summed E-state index contributed by atoms with van der Waals surface area (Å²) in [6.07, 6.45) is 2.18. The molecule has 0 amide bonds. The molecule has 1 aliphatic carbocycles. The number of ketones is 1. The summed E-state index contributed by atoms with van der Waals surface area (Å²) in [5, 5.41) is 9.00. The largest absolute Gasteiger partial charge is 0.480 e. The summed E-state index contributed by atoms with van der Waals surface area (Å²) in [4.78, 5) is 25.1. The summed E-state index contributed by atoms with van der Waals surface area (Å²) in [5.74, 6) is -0.978. The van der Waals surface area contributed by atoms with Crippen LogP contribution in [0.3, 0.4) is 0 Å². The molecule has 1 aromatic heterocycles. The predicted molar refractivity (Wildman–Crippen MR) is 124 cm³/mol. The number of aliphatic carboxylic acids is 1. The smallest absolute Gasteiger partial charge is 0.323 e. The van der Waals surface area contributed by atoms with Gasteiger partial charge in [0.25, 0.3) is 0 Å². The van der Waals surface area contributed by atoms with Crippen LogP contribution in [0.1, 0.15) is 66.0 Å². The maximum atomic E-state index is 13.5. The van der Waals surface area contributed by atoms with Crippen molar-refractivity contribution in [1.82, 2.24) is 4.57 Å². The van der Waals surface area contributed by atoms with Crippen LogP contribution in [0.4, 0.5) is 0 Å². The molecule has 1 N–H and O–H groups in total. The fourth-order valence-corrected chi connectivity index (χ4v) is 7.20. The number of hydrogen-bond donors (Lipinski definition) is 1. The van der Waals surface area contributed by atoms with Gasteiger partial charge in [-0.3, -0.25) is 9.59 Å². The van der Waals surface area contributed by atoms with E-state index in [9.17, 15) is 23.1 Å². The molecular formula is C25H31NO6S. The lowest BCUT2D eigenvalue weighted by atomic mass is 9.75. The standard InChI is InChI=1S/C25H31NO6S/c1-16-19(24-20(26(16)15-23(28)29)13-25(2,3)14-21(24)27)12-17-6-4-5-7-22(17)33(30,31)18-8-10-32-11-9-18/h4-7,18H,8-15H2,1-3H3,(H,28,29). The monoisotopic (exact) mass is 473 g/mol. The molecule has 8 heteroatoms. The van der Waals surface area contributed by atoms with E-state index in [4.69, 9.17) is 4.74 Å². The summed E-state index contributed by atoms with van der Waals surface area (Å²) in [6.45, 7) is 6.49. The number of aromatic nitrogens is 1. The van der Waals surface area contributed by atoms with Gasteiger partial charge >= 0.3 is 5.97 Å². The molecule has 33 heavy (non-hydrogen) atoms. The summed E-state index contributed by atoms with van der Waals surface area (Å²) in [5.41, 5.74) is 3.16. The summed E-state index contributed by atoms with van der Waals surface area (Å²) < 4.78 is 34.0. The number of nitrogens with zero attached hydrogens (tertiary/aromatic N) is 1. The third-order valence-electron chi connectivity index (χ3n) is 6.87. The van der Waals surface area contributed by atoms with Gasteiger partial charge in [0, 0.05) is 43.0 Å². The van der Waals surface area contributed by atoms with Gasteiger partial charge in [0.1, 0.15) is 6.54 Å². The minimum atomic E-state index is -3.56. The Morgan fingerprint density at radius 1 is 1.18 bits per heavy atom. The number of rotatable bonds is 6. The number of ether oxygens (including phenoxy) is 1.